The van der Waals surface area contributed by atoms with Crippen molar-refractivity contribution < 1.29 is 9.84 Å². The van der Waals surface area contributed by atoms with Gasteiger partial charge in [0, 0.05) is 11.1 Å². The highest BCUT2D eigenvalue weighted by Crippen LogP contribution is 2.40. The first kappa shape index (κ1) is 12.0. The van der Waals surface area contributed by atoms with Gasteiger partial charge in [0.1, 0.15) is 11.5 Å². The van der Waals surface area contributed by atoms with E-state index >= 15 is 0 Å². The molecule has 1 aliphatic rings. The van der Waals surface area contributed by atoms with Crippen molar-refractivity contribution in [2.45, 2.75) is 40.0 Å². The van der Waals surface area contributed by atoms with Crippen LogP contribution >= 0.6 is 0 Å². The lowest BCUT2D eigenvalue weighted by Crippen LogP contribution is -2.09. The number of rotatable bonds is 2. The highest BCUT2D eigenvalue weighted by Gasteiger charge is 2.22. The number of allylic oxidation sites excluding steroid dienone is 2. The smallest absolute Gasteiger partial charge is 0.123 e. The minimum absolute atomic E-state index is 0.468. The molecule has 0 atom stereocenters. The van der Waals surface area contributed by atoms with Crippen molar-refractivity contribution in [3.8, 4) is 11.5 Å². The third-order valence-corrected chi connectivity index (χ3v) is 3.77. The standard InChI is InChI=1S/C15H20O2/c1-5-11-8-14(17-4)12-6-9(2)10(3)7-13(12)15(11)16/h8,16H,5-7H2,1-4H3. The summed E-state index contributed by atoms with van der Waals surface area (Å²) in [5.74, 6) is 1.39. The maximum Gasteiger partial charge on any atom is 0.123 e. The highest BCUT2D eigenvalue weighted by atomic mass is 16.5. The zero-order chi connectivity index (χ0) is 12.6. The van der Waals surface area contributed by atoms with Crippen LogP contribution in [0.5, 0.6) is 11.5 Å². The van der Waals surface area contributed by atoms with Gasteiger partial charge < -0.3 is 9.84 Å². The molecule has 1 aromatic rings. The molecule has 0 unspecified atom stereocenters. The average molecular weight is 232 g/mol. The second-order valence-corrected chi connectivity index (χ2v) is 4.81. The average Bonchev–Trinajstić information content (AvgIpc) is 2.32. The van der Waals surface area contributed by atoms with Crippen LogP contribution in [0.1, 0.15) is 37.5 Å². The van der Waals surface area contributed by atoms with E-state index in [0.717, 1.165) is 41.7 Å². The molecule has 0 saturated heterocycles. The van der Waals surface area contributed by atoms with Crippen molar-refractivity contribution in [3.63, 3.8) is 0 Å². The summed E-state index contributed by atoms with van der Waals surface area (Å²) in [6, 6.07) is 1.97. The van der Waals surface area contributed by atoms with E-state index < -0.39 is 0 Å². The topological polar surface area (TPSA) is 29.5 Å². The first-order chi connectivity index (χ1) is 8.08. The summed E-state index contributed by atoms with van der Waals surface area (Å²) in [7, 11) is 1.70. The van der Waals surface area contributed by atoms with Gasteiger partial charge in [-0.1, -0.05) is 18.1 Å². The van der Waals surface area contributed by atoms with E-state index in [-0.39, 0.29) is 0 Å². The third-order valence-electron chi connectivity index (χ3n) is 3.77. The van der Waals surface area contributed by atoms with Crippen LogP contribution in [0.3, 0.4) is 0 Å². The van der Waals surface area contributed by atoms with Gasteiger partial charge in [-0.15, -0.1) is 0 Å². The number of aryl methyl sites for hydroxylation is 1. The largest absolute Gasteiger partial charge is 0.507 e. The molecule has 2 nitrogen and oxygen atoms in total. The minimum atomic E-state index is 0.468. The fourth-order valence-electron chi connectivity index (χ4n) is 2.47. The van der Waals surface area contributed by atoms with Crippen LogP contribution in [0.2, 0.25) is 0 Å². The van der Waals surface area contributed by atoms with Crippen molar-refractivity contribution >= 4 is 0 Å². The maximum absolute atomic E-state index is 10.3. The molecule has 1 aliphatic carbocycles. The van der Waals surface area contributed by atoms with Gasteiger partial charge in [0.25, 0.3) is 0 Å². The monoisotopic (exact) mass is 232 g/mol. The lowest BCUT2D eigenvalue weighted by Gasteiger charge is -2.24. The number of hydrogen-bond acceptors (Lipinski definition) is 2. The number of benzene rings is 1. The number of ether oxygens (including phenoxy) is 1. The number of aromatic hydroxyl groups is 1. The van der Waals surface area contributed by atoms with Crippen molar-refractivity contribution in [1.29, 1.82) is 0 Å². The molecule has 0 aromatic heterocycles. The molecule has 2 heteroatoms. The predicted octanol–water partition coefficient (Wildman–Crippen LogP) is 3.40. The summed E-state index contributed by atoms with van der Waals surface area (Å²) in [5, 5.41) is 10.3. The molecule has 17 heavy (non-hydrogen) atoms. The van der Waals surface area contributed by atoms with Crippen LogP contribution in [-0.4, -0.2) is 12.2 Å². The van der Waals surface area contributed by atoms with Crippen LogP contribution in [0, 0.1) is 0 Å². The molecule has 0 saturated carbocycles. The summed E-state index contributed by atoms with van der Waals surface area (Å²) >= 11 is 0. The van der Waals surface area contributed by atoms with Crippen LogP contribution in [-0.2, 0) is 19.3 Å². The van der Waals surface area contributed by atoms with Crippen molar-refractivity contribution in [1.82, 2.24) is 0 Å². The number of fused-ring (bicyclic) bond motifs is 1. The quantitative estimate of drug-likeness (QED) is 0.792. The molecule has 0 radical (unpaired) electrons. The van der Waals surface area contributed by atoms with Crippen molar-refractivity contribution in [2.24, 2.45) is 0 Å². The van der Waals surface area contributed by atoms with E-state index in [1.54, 1.807) is 7.11 Å². The Labute approximate surface area is 103 Å². The molecule has 1 aromatic carbocycles. The first-order valence-electron chi connectivity index (χ1n) is 6.14. The molecular formula is C15H20O2. The summed E-state index contributed by atoms with van der Waals surface area (Å²) in [6.07, 6.45) is 2.57. The van der Waals surface area contributed by atoms with E-state index in [1.165, 1.54) is 11.1 Å². The van der Waals surface area contributed by atoms with Crippen molar-refractivity contribution in [3.05, 3.63) is 33.9 Å². The third kappa shape index (κ3) is 1.92. The van der Waals surface area contributed by atoms with E-state index in [2.05, 4.69) is 20.8 Å². The van der Waals surface area contributed by atoms with Crippen LogP contribution in [0.15, 0.2) is 17.2 Å². The fraction of sp³-hybridized carbons (Fsp3) is 0.467. The summed E-state index contributed by atoms with van der Waals surface area (Å²) < 4.78 is 5.46. The minimum Gasteiger partial charge on any atom is -0.507 e. The molecule has 0 heterocycles. The molecule has 0 fully saturated rings. The van der Waals surface area contributed by atoms with E-state index in [0.29, 0.717) is 5.75 Å². The Hall–Kier alpha value is -1.44. The van der Waals surface area contributed by atoms with Gasteiger partial charge >= 0.3 is 0 Å². The summed E-state index contributed by atoms with van der Waals surface area (Å²) in [5.41, 5.74) is 5.95. The fourth-order valence-corrected chi connectivity index (χ4v) is 2.47. The van der Waals surface area contributed by atoms with E-state index in [9.17, 15) is 5.11 Å². The van der Waals surface area contributed by atoms with Gasteiger partial charge in [0.05, 0.1) is 7.11 Å². The van der Waals surface area contributed by atoms with Crippen LogP contribution < -0.4 is 4.74 Å². The number of hydrogen-bond donors (Lipinski definition) is 1. The molecule has 1 N–H and O–H groups in total. The Morgan fingerprint density at radius 3 is 2.29 bits per heavy atom. The molecule has 92 valence electrons. The number of phenols is 1. The van der Waals surface area contributed by atoms with Gasteiger partial charge in [-0.2, -0.15) is 0 Å². The Balaban J connectivity index is 2.62. The lowest BCUT2D eigenvalue weighted by molar-refractivity contribution is 0.403. The SMILES string of the molecule is CCc1cc(OC)c2c(c1O)CC(C)=C(C)C2. The lowest BCUT2D eigenvalue weighted by atomic mass is 9.84. The number of phenolic OH excluding ortho intramolecular Hbond substituents is 1. The maximum atomic E-state index is 10.3. The van der Waals surface area contributed by atoms with E-state index in [4.69, 9.17) is 4.74 Å². The molecular weight excluding hydrogens is 212 g/mol. The molecule has 0 spiro atoms. The zero-order valence-electron chi connectivity index (χ0n) is 11.1. The van der Waals surface area contributed by atoms with Gasteiger partial charge in [0.2, 0.25) is 0 Å². The predicted molar refractivity (Wildman–Crippen MR) is 69.8 cm³/mol. The highest BCUT2D eigenvalue weighted by molar-refractivity contribution is 5.57. The Bertz CT molecular complexity index is 484. The van der Waals surface area contributed by atoms with Gasteiger partial charge in [-0.25, -0.2) is 0 Å². The number of methoxy groups -OCH3 is 1. The van der Waals surface area contributed by atoms with Crippen LogP contribution in [0.25, 0.3) is 0 Å². The molecule has 0 bridgehead atoms. The Morgan fingerprint density at radius 2 is 1.76 bits per heavy atom. The van der Waals surface area contributed by atoms with Gasteiger partial charge in [0.15, 0.2) is 0 Å². The first-order valence-corrected chi connectivity index (χ1v) is 6.14. The van der Waals surface area contributed by atoms with Gasteiger partial charge in [-0.05, 0) is 44.7 Å². The second kappa shape index (κ2) is 4.44. The van der Waals surface area contributed by atoms with Crippen LogP contribution in [0.4, 0.5) is 0 Å². The molecule has 0 amide bonds. The van der Waals surface area contributed by atoms with E-state index in [1.807, 2.05) is 6.07 Å². The molecule has 2 rings (SSSR count). The normalized spacial score (nSPS) is 14.8. The Kier molecular flexibility index (Phi) is 3.14. The Morgan fingerprint density at radius 1 is 1.18 bits per heavy atom. The van der Waals surface area contributed by atoms with Crippen molar-refractivity contribution in [2.75, 3.05) is 7.11 Å². The summed E-state index contributed by atoms with van der Waals surface area (Å²) in [4.78, 5) is 0. The zero-order valence-corrected chi connectivity index (χ0v) is 11.1. The molecule has 0 aliphatic heterocycles. The van der Waals surface area contributed by atoms with Gasteiger partial charge in [-0.3, -0.25) is 0 Å². The second-order valence-electron chi connectivity index (χ2n) is 4.81. The summed E-state index contributed by atoms with van der Waals surface area (Å²) in [6.45, 7) is 6.35.